The van der Waals surface area contributed by atoms with Gasteiger partial charge in [-0.1, -0.05) is 36.4 Å². The van der Waals surface area contributed by atoms with Crippen molar-refractivity contribution in [3.63, 3.8) is 0 Å². The van der Waals surface area contributed by atoms with Gasteiger partial charge >= 0.3 is 6.18 Å². The van der Waals surface area contributed by atoms with Gasteiger partial charge in [-0.2, -0.15) is 13.2 Å². The van der Waals surface area contributed by atoms with E-state index in [1.165, 1.54) is 12.1 Å². The summed E-state index contributed by atoms with van der Waals surface area (Å²) in [5.74, 6) is 0. The topological polar surface area (TPSA) is 17.3 Å². The highest BCUT2D eigenvalue weighted by Crippen LogP contribution is 2.36. The summed E-state index contributed by atoms with van der Waals surface area (Å²) in [6.07, 6.45) is -0.712. The van der Waals surface area contributed by atoms with Crippen molar-refractivity contribution in [2.45, 2.75) is 13.1 Å². The number of aromatic nitrogens is 2. The minimum Gasteiger partial charge on any atom is -0.299 e. The van der Waals surface area contributed by atoms with Crippen molar-refractivity contribution in [1.82, 2.24) is 9.38 Å². The molecule has 3 aromatic carbocycles. The zero-order chi connectivity index (χ0) is 19.5. The van der Waals surface area contributed by atoms with Crippen LogP contribution in [-0.4, -0.2) is 9.38 Å². The number of hydrogen-bond donors (Lipinski definition) is 0. The van der Waals surface area contributed by atoms with Crippen molar-refractivity contribution < 1.29 is 13.2 Å². The molecule has 0 fully saturated rings. The van der Waals surface area contributed by atoms with Crippen LogP contribution in [-0.2, 0) is 6.18 Å². The first kappa shape index (κ1) is 16.8. The van der Waals surface area contributed by atoms with Crippen LogP contribution in [0, 0.1) is 6.92 Å². The molecule has 0 spiro atoms. The smallest absolute Gasteiger partial charge is 0.299 e. The summed E-state index contributed by atoms with van der Waals surface area (Å²) in [4.78, 5) is 4.47. The Morgan fingerprint density at radius 2 is 1.61 bits per heavy atom. The molecule has 2 aromatic heterocycles. The van der Waals surface area contributed by atoms with Gasteiger partial charge in [0.05, 0.1) is 11.1 Å². The van der Waals surface area contributed by atoms with Crippen LogP contribution in [0.4, 0.5) is 13.2 Å². The number of nitrogens with zero attached hydrogens (tertiary/aromatic N) is 2. The Hall–Kier alpha value is -3.34. The lowest BCUT2D eigenvalue weighted by molar-refractivity contribution is -0.137. The van der Waals surface area contributed by atoms with E-state index in [1.54, 1.807) is 19.2 Å². The number of pyridine rings is 1. The highest BCUT2D eigenvalue weighted by Gasteiger charge is 2.31. The Labute approximate surface area is 158 Å². The molecular weight excluding hydrogens is 361 g/mol. The quantitative estimate of drug-likeness (QED) is 0.300. The van der Waals surface area contributed by atoms with E-state index < -0.39 is 11.7 Å². The third kappa shape index (κ3) is 2.54. The Morgan fingerprint density at radius 1 is 0.821 bits per heavy atom. The van der Waals surface area contributed by atoms with E-state index >= 15 is 0 Å². The summed E-state index contributed by atoms with van der Waals surface area (Å²) in [7, 11) is 0. The van der Waals surface area contributed by atoms with Gasteiger partial charge in [-0.25, -0.2) is 4.98 Å². The fraction of sp³-hybridized carbons (Fsp3) is 0.0870. The van der Waals surface area contributed by atoms with E-state index in [0.29, 0.717) is 11.1 Å². The molecule has 0 unspecified atom stereocenters. The number of aryl methyl sites for hydroxylation is 1. The molecule has 5 rings (SSSR count). The highest BCUT2D eigenvalue weighted by molar-refractivity contribution is 6.12. The summed E-state index contributed by atoms with van der Waals surface area (Å²) < 4.78 is 41.8. The van der Waals surface area contributed by atoms with Crippen LogP contribution in [0.3, 0.4) is 0 Å². The van der Waals surface area contributed by atoms with E-state index in [2.05, 4.69) is 4.98 Å². The van der Waals surface area contributed by atoms with Crippen LogP contribution in [0.25, 0.3) is 38.4 Å². The Morgan fingerprint density at radius 3 is 2.39 bits per heavy atom. The fourth-order valence-corrected chi connectivity index (χ4v) is 3.86. The molecule has 2 nitrogen and oxygen atoms in total. The molecule has 2 heterocycles. The highest BCUT2D eigenvalue weighted by atomic mass is 19.4. The number of imidazole rings is 1. The van der Waals surface area contributed by atoms with Gasteiger partial charge in [0.2, 0.25) is 0 Å². The summed E-state index contributed by atoms with van der Waals surface area (Å²) in [6.45, 7) is 1.68. The standard InChI is InChI=1S/C23H15F3N2/c1-14-10-16(12-17(11-14)23(24,25)26)15-6-7-21-20(13-15)18-4-2-3-5-19(18)22-27-8-9-28(21)22/h2-13H,1H3. The lowest BCUT2D eigenvalue weighted by Gasteiger charge is -2.13. The molecule has 0 saturated carbocycles. The first-order chi connectivity index (χ1) is 13.4. The van der Waals surface area contributed by atoms with Gasteiger partial charge in [0, 0.05) is 23.2 Å². The second kappa shape index (κ2) is 5.83. The molecule has 0 N–H and O–H groups in total. The summed E-state index contributed by atoms with van der Waals surface area (Å²) in [6, 6.07) is 17.9. The number of alkyl halides is 3. The van der Waals surface area contributed by atoms with Crippen LogP contribution >= 0.6 is 0 Å². The van der Waals surface area contributed by atoms with Gasteiger partial charge in [-0.15, -0.1) is 0 Å². The van der Waals surface area contributed by atoms with Crippen molar-refractivity contribution in [3.05, 3.63) is 84.2 Å². The molecule has 0 aliphatic heterocycles. The maximum absolute atomic E-state index is 13.3. The Bertz CT molecular complexity index is 1360. The molecule has 0 radical (unpaired) electrons. The fourth-order valence-electron chi connectivity index (χ4n) is 3.86. The average Bonchev–Trinajstić information content (AvgIpc) is 3.17. The van der Waals surface area contributed by atoms with Crippen LogP contribution in [0.15, 0.2) is 73.1 Å². The SMILES string of the molecule is Cc1cc(-c2ccc3c(c2)c2ccccc2c2nccn32)cc(C(F)(F)F)c1. The largest absolute Gasteiger partial charge is 0.416 e. The summed E-state index contributed by atoms with van der Waals surface area (Å²) >= 11 is 0. The second-order valence-corrected chi connectivity index (χ2v) is 6.98. The van der Waals surface area contributed by atoms with Gasteiger partial charge < -0.3 is 0 Å². The normalized spacial score (nSPS) is 12.3. The molecule has 5 heteroatoms. The van der Waals surface area contributed by atoms with Gasteiger partial charge in [0.1, 0.15) is 5.65 Å². The van der Waals surface area contributed by atoms with E-state index in [9.17, 15) is 13.2 Å². The van der Waals surface area contributed by atoms with Crippen molar-refractivity contribution in [2.24, 2.45) is 0 Å². The van der Waals surface area contributed by atoms with Crippen LogP contribution in [0.2, 0.25) is 0 Å². The molecule has 0 bridgehead atoms. The van der Waals surface area contributed by atoms with Crippen LogP contribution < -0.4 is 0 Å². The summed E-state index contributed by atoms with van der Waals surface area (Å²) in [5.41, 5.74) is 3.11. The van der Waals surface area contributed by atoms with E-state index in [0.717, 1.165) is 32.9 Å². The van der Waals surface area contributed by atoms with Gasteiger partial charge in [0.15, 0.2) is 0 Å². The van der Waals surface area contributed by atoms with Crippen molar-refractivity contribution in [1.29, 1.82) is 0 Å². The van der Waals surface area contributed by atoms with Crippen molar-refractivity contribution >= 4 is 27.3 Å². The minimum atomic E-state index is -4.37. The number of benzene rings is 3. The first-order valence-corrected chi connectivity index (χ1v) is 8.88. The van der Waals surface area contributed by atoms with Gasteiger partial charge in [-0.05, 0) is 53.3 Å². The molecule has 0 amide bonds. The van der Waals surface area contributed by atoms with E-state index in [-0.39, 0.29) is 0 Å². The number of halogens is 3. The Balaban J connectivity index is 1.83. The third-order valence-electron chi connectivity index (χ3n) is 5.09. The molecule has 5 aromatic rings. The summed E-state index contributed by atoms with van der Waals surface area (Å²) in [5, 5.41) is 3.02. The van der Waals surface area contributed by atoms with Gasteiger partial charge in [-0.3, -0.25) is 4.40 Å². The zero-order valence-electron chi connectivity index (χ0n) is 15.0. The Kier molecular flexibility index (Phi) is 3.50. The number of rotatable bonds is 1. The first-order valence-electron chi connectivity index (χ1n) is 8.88. The molecule has 28 heavy (non-hydrogen) atoms. The van der Waals surface area contributed by atoms with Crippen LogP contribution in [0.5, 0.6) is 0 Å². The van der Waals surface area contributed by atoms with E-state index in [4.69, 9.17) is 0 Å². The molecule has 0 atom stereocenters. The lowest BCUT2D eigenvalue weighted by atomic mass is 9.97. The molecule has 0 saturated heterocycles. The lowest BCUT2D eigenvalue weighted by Crippen LogP contribution is -2.05. The van der Waals surface area contributed by atoms with E-state index in [1.807, 2.05) is 53.1 Å². The predicted octanol–water partition coefficient (Wildman–Crippen LogP) is 6.63. The number of fused-ring (bicyclic) bond motifs is 6. The van der Waals surface area contributed by atoms with Gasteiger partial charge in [0.25, 0.3) is 0 Å². The predicted molar refractivity (Wildman–Crippen MR) is 105 cm³/mol. The molecule has 0 aliphatic rings. The molecule has 0 aliphatic carbocycles. The zero-order valence-corrected chi connectivity index (χ0v) is 15.0. The maximum atomic E-state index is 13.3. The monoisotopic (exact) mass is 376 g/mol. The van der Waals surface area contributed by atoms with Crippen LogP contribution in [0.1, 0.15) is 11.1 Å². The van der Waals surface area contributed by atoms with Crippen molar-refractivity contribution in [3.8, 4) is 11.1 Å². The molecular formula is C23H15F3N2. The average molecular weight is 376 g/mol. The third-order valence-corrected chi connectivity index (χ3v) is 5.09. The number of hydrogen-bond acceptors (Lipinski definition) is 1. The maximum Gasteiger partial charge on any atom is 0.416 e. The minimum absolute atomic E-state index is 0.559. The molecule has 138 valence electrons. The van der Waals surface area contributed by atoms with Crippen molar-refractivity contribution in [2.75, 3.05) is 0 Å². The second-order valence-electron chi connectivity index (χ2n) is 6.98.